The number of methoxy groups -OCH3 is 2. The van der Waals surface area contributed by atoms with E-state index in [0.29, 0.717) is 22.8 Å². The fourth-order valence-corrected chi connectivity index (χ4v) is 4.93. The third-order valence-corrected chi connectivity index (χ3v) is 7.17. The number of pyridine rings is 1. The van der Waals surface area contributed by atoms with Crippen molar-refractivity contribution in [3.63, 3.8) is 0 Å². The molecule has 216 valence electrons. The van der Waals surface area contributed by atoms with Crippen molar-refractivity contribution in [3.05, 3.63) is 131 Å². The van der Waals surface area contributed by atoms with Gasteiger partial charge in [0.25, 0.3) is 5.56 Å². The lowest BCUT2D eigenvalue weighted by molar-refractivity contribution is -0.141. The van der Waals surface area contributed by atoms with Gasteiger partial charge in [0.2, 0.25) is 0 Å². The van der Waals surface area contributed by atoms with Crippen LogP contribution < -0.4 is 15.0 Å². The monoisotopic (exact) mass is 591 g/mol. The lowest BCUT2D eigenvalue weighted by atomic mass is 10.0. The number of ether oxygens (including phenoxy) is 2. The van der Waals surface area contributed by atoms with Gasteiger partial charge >= 0.3 is 6.18 Å². The van der Waals surface area contributed by atoms with E-state index in [0.717, 1.165) is 40.1 Å². The van der Waals surface area contributed by atoms with Crippen molar-refractivity contribution in [3.8, 4) is 22.8 Å². The highest BCUT2D eigenvalue weighted by Gasteiger charge is 2.34. The van der Waals surface area contributed by atoms with E-state index in [4.69, 9.17) is 9.47 Å². The summed E-state index contributed by atoms with van der Waals surface area (Å²) in [4.78, 5) is 20.8. The number of halogens is 3. The largest absolute Gasteiger partial charge is 0.493 e. The van der Waals surface area contributed by atoms with Crippen molar-refractivity contribution < 1.29 is 22.6 Å². The average Bonchev–Trinajstić information content (AvgIpc) is 2.99. The second-order valence-corrected chi connectivity index (χ2v) is 9.98. The Kier molecular flexibility index (Phi) is 9.69. The van der Waals surface area contributed by atoms with Crippen LogP contribution in [0.5, 0.6) is 11.5 Å². The zero-order valence-electron chi connectivity index (χ0n) is 23.0. The third kappa shape index (κ3) is 7.38. The molecule has 6 nitrogen and oxygen atoms in total. The summed E-state index contributed by atoms with van der Waals surface area (Å²) in [6.07, 6.45) is 2.04. The van der Waals surface area contributed by atoms with Gasteiger partial charge in [0, 0.05) is 23.6 Å². The molecule has 0 aliphatic heterocycles. The van der Waals surface area contributed by atoms with Gasteiger partial charge in [-0.25, -0.2) is 9.97 Å². The Bertz CT molecular complexity index is 1680. The molecule has 2 aromatic heterocycles. The summed E-state index contributed by atoms with van der Waals surface area (Å²) >= 11 is 1.09. The Labute approximate surface area is 245 Å². The van der Waals surface area contributed by atoms with Crippen molar-refractivity contribution in [2.75, 3.05) is 14.2 Å². The normalized spacial score (nSPS) is 11.7. The number of alkyl halides is 3. The van der Waals surface area contributed by atoms with Crippen LogP contribution in [0.25, 0.3) is 16.8 Å². The van der Waals surface area contributed by atoms with Gasteiger partial charge in [0.1, 0.15) is 5.69 Å². The van der Waals surface area contributed by atoms with Crippen LogP contribution in [0.15, 0.2) is 108 Å². The summed E-state index contributed by atoms with van der Waals surface area (Å²) < 4.78 is 53.4. The molecule has 2 aromatic carbocycles. The van der Waals surface area contributed by atoms with Crippen LogP contribution in [0, 0.1) is 0 Å². The number of benzene rings is 2. The zero-order chi connectivity index (χ0) is 30.3. The van der Waals surface area contributed by atoms with Gasteiger partial charge < -0.3 is 14.0 Å². The molecule has 0 aliphatic carbocycles. The predicted molar refractivity (Wildman–Crippen MR) is 160 cm³/mol. The van der Waals surface area contributed by atoms with Crippen LogP contribution in [0.4, 0.5) is 13.2 Å². The molecule has 2 heterocycles. The van der Waals surface area contributed by atoms with E-state index in [2.05, 4.69) is 23.1 Å². The van der Waals surface area contributed by atoms with Crippen LogP contribution in [0.1, 0.15) is 22.4 Å². The van der Waals surface area contributed by atoms with E-state index in [-0.39, 0.29) is 23.0 Å². The minimum Gasteiger partial charge on any atom is -0.493 e. The first-order valence-corrected chi connectivity index (χ1v) is 13.7. The van der Waals surface area contributed by atoms with E-state index in [1.807, 2.05) is 30.3 Å². The molecule has 42 heavy (non-hydrogen) atoms. The van der Waals surface area contributed by atoms with Crippen LogP contribution >= 0.6 is 11.8 Å². The molecular weight excluding hydrogens is 563 g/mol. The summed E-state index contributed by atoms with van der Waals surface area (Å²) in [6, 6.07) is 16.5. The molecule has 0 atom stereocenters. The summed E-state index contributed by atoms with van der Waals surface area (Å²) in [7, 11) is 3.03. The summed E-state index contributed by atoms with van der Waals surface area (Å²) in [6.45, 7) is 7.67. The Morgan fingerprint density at radius 2 is 1.67 bits per heavy atom. The summed E-state index contributed by atoms with van der Waals surface area (Å²) in [5.41, 5.74) is 2.50. The zero-order valence-corrected chi connectivity index (χ0v) is 23.8. The number of hydrogen-bond donors (Lipinski definition) is 0. The van der Waals surface area contributed by atoms with E-state index in [1.54, 1.807) is 30.4 Å². The maximum absolute atomic E-state index is 13.8. The molecular formula is C32H28F3N3O3S. The Hall–Kier alpha value is -4.57. The van der Waals surface area contributed by atoms with Crippen molar-refractivity contribution >= 4 is 17.3 Å². The topological polar surface area (TPSA) is 66.2 Å². The van der Waals surface area contributed by atoms with E-state index >= 15 is 0 Å². The number of thioether (sulfide) groups is 1. The molecule has 4 rings (SSSR count). The minimum atomic E-state index is -4.68. The maximum atomic E-state index is 13.8. The minimum absolute atomic E-state index is 0.0279. The van der Waals surface area contributed by atoms with Gasteiger partial charge in [-0.2, -0.15) is 13.2 Å². The SMILES string of the molecule is C=C/C=C(\C=C)c1ccc(CSc2nc(-c3ccc(=O)n(Cc4ccc(OC)c(OC)c4)c3)cc(C(F)(F)F)n2)cc1. The van der Waals surface area contributed by atoms with Gasteiger partial charge in [0.05, 0.1) is 26.5 Å². The molecule has 0 N–H and O–H groups in total. The van der Waals surface area contributed by atoms with Gasteiger partial charge in [-0.15, -0.1) is 0 Å². The van der Waals surface area contributed by atoms with Gasteiger partial charge in [-0.1, -0.05) is 73.5 Å². The molecule has 4 aromatic rings. The quantitative estimate of drug-likeness (QED) is 0.103. The van der Waals surface area contributed by atoms with Crippen LogP contribution in [-0.2, 0) is 18.5 Å². The Morgan fingerprint density at radius 1 is 0.952 bits per heavy atom. The van der Waals surface area contributed by atoms with Crippen molar-refractivity contribution in [1.29, 1.82) is 0 Å². The Morgan fingerprint density at radius 3 is 2.31 bits per heavy atom. The fourth-order valence-electron chi connectivity index (χ4n) is 4.12. The second kappa shape index (κ2) is 13.4. The third-order valence-electron chi connectivity index (χ3n) is 6.25. The maximum Gasteiger partial charge on any atom is 0.433 e. The van der Waals surface area contributed by atoms with E-state index < -0.39 is 11.9 Å². The molecule has 0 aliphatic rings. The first-order valence-electron chi connectivity index (χ1n) is 12.7. The second-order valence-electron chi connectivity index (χ2n) is 9.04. The van der Waals surface area contributed by atoms with Crippen LogP contribution in [0.2, 0.25) is 0 Å². The first kappa shape index (κ1) is 30.4. The highest BCUT2D eigenvalue weighted by molar-refractivity contribution is 7.98. The number of aromatic nitrogens is 3. The average molecular weight is 592 g/mol. The first-order chi connectivity index (χ1) is 20.1. The van der Waals surface area contributed by atoms with Crippen molar-refractivity contribution in [2.45, 2.75) is 23.6 Å². The highest BCUT2D eigenvalue weighted by Crippen LogP contribution is 2.33. The van der Waals surface area contributed by atoms with Gasteiger partial charge in [-0.05, 0) is 46.5 Å². The lowest BCUT2D eigenvalue weighted by Crippen LogP contribution is -2.19. The highest BCUT2D eigenvalue weighted by atomic mass is 32.2. The van der Waals surface area contributed by atoms with E-state index in [1.165, 1.54) is 37.1 Å². The lowest BCUT2D eigenvalue weighted by Gasteiger charge is -2.13. The van der Waals surface area contributed by atoms with Crippen molar-refractivity contribution in [1.82, 2.24) is 14.5 Å². The molecule has 0 saturated carbocycles. The van der Waals surface area contributed by atoms with Crippen molar-refractivity contribution in [2.24, 2.45) is 0 Å². The molecule has 0 radical (unpaired) electrons. The predicted octanol–water partition coefficient (Wildman–Crippen LogP) is 7.44. The molecule has 0 unspecified atom stereocenters. The molecule has 0 bridgehead atoms. The molecule has 0 spiro atoms. The fraction of sp³-hybridized carbons (Fsp3) is 0.156. The van der Waals surface area contributed by atoms with Gasteiger partial charge in [0.15, 0.2) is 16.7 Å². The Balaban J connectivity index is 1.62. The molecule has 0 amide bonds. The summed E-state index contributed by atoms with van der Waals surface area (Å²) in [5, 5.41) is -0.0279. The smallest absolute Gasteiger partial charge is 0.433 e. The molecule has 0 saturated heterocycles. The van der Waals surface area contributed by atoms with E-state index in [9.17, 15) is 18.0 Å². The number of hydrogen-bond acceptors (Lipinski definition) is 6. The molecule has 0 fully saturated rings. The van der Waals surface area contributed by atoms with Crippen LogP contribution in [-0.4, -0.2) is 28.8 Å². The van der Waals surface area contributed by atoms with Crippen LogP contribution in [0.3, 0.4) is 0 Å². The standard InChI is InChI=1S/C32H28F3N3O3S/c1-5-7-23(6-2)24-11-8-21(9-12-24)20-42-31-36-26(17-29(37-31)32(33,34)35)25-13-15-30(39)38(19-25)18-22-10-14-27(40-3)28(16-22)41-4/h5-17,19H,1-2,18,20H2,3-4H3/b23-7+. The number of allylic oxidation sites excluding steroid dienone is 4. The number of rotatable bonds is 11. The summed E-state index contributed by atoms with van der Waals surface area (Å²) in [5.74, 6) is 1.39. The number of nitrogens with zero attached hydrogens (tertiary/aromatic N) is 3. The van der Waals surface area contributed by atoms with Gasteiger partial charge in [-0.3, -0.25) is 4.79 Å². The molecule has 10 heteroatoms.